The van der Waals surface area contributed by atoms with Crippen LogP contribution in [0.3, 0.4) is 0 Å². The number of aryl methyl sites for hydroxylation is 2. The fourth-order valence-electron chi connectivity index (χ4n) is 4.66. The largest absolute Gasteiger partial charge is 0.493 e. The Balaban J connectivity index is 1.46. The minimum absolute atomic E-state index is 0.242. The highest BCUT2D eigenvalue weighted by molar-refractivity contribution is 5.76. The van der Waals surface area contributed by atoms with Crippen LogP contribution in [0, 0.1) is 19.8 Å². The number of fused-ring (bicyclic) bond motifs is 1. The van der Waals surface area contributed by atoms with Gasteiger partial charge in [0, 0.05) is 12.5 Å². The molecule has 0 fully saturated rings. The van der Waals surface area contributed by atoms with Crippen molar-refractivity contribution >= 4 is 11.0 Å². The van der Waals surface area contributed by atoms with Gasteiger partial charge in [-0.3, -0.25) is 0 Å². The highest BCUT2D eigenvalue weighted by Crippen LogP contribution is 2.28. The molecule has 0 aliphatic heterocycles. The number of benzene rings is 3. The molecule has 178 valence electrons. The van der Waals surface area contributed by atoms with Crippen LogP contribution in [0.2, 0.25) is 0 Å². The Hall–Kier alpha value is -3.07. The van der Waals surface area contributed by atoms with Crippen LogP contribution < -0.4 is 4.74 Å². The first-order valence-electron chi connectivity index (χ1n) is 12.7. The van der Waals surface area contributed by atoms with E-state index in [1.54, 1.807) is 0 Å². The summed E-state index contributed by atoms with van der Waals surface area (Å²) in [4.78, 5) is 5.06. The fraction of sp³-hybridized carbons (Fsp3) is 0.387. The highest BCUT2D eigenvalue weighted by Gasteiger charge is 2.18. The minimum atomic E-state index is 0.242. The second-order valence-electron chi connectivity index (χ2n) is 9.93. The third-order valence-electron chi connectivity index (χ3n) is 6.78. The maximum Gasteiger partial charge on any atom is 0.122 e. The average molecular weight is 455 g/mol. The standard InChI is InChI=1S/C31H38N2O/c1-22(2)21-26-15-17-27(18-16-26)25(5)31-32-28-12-6-7-13-29(28)33(31)19-8-9-20-34-30-14-10-11-23(3)24(30)4/h6-7,10-18,22,25H,8-9,19-21H2,1-5H3. The van der Waals surface area contributed by atoms with Crippen LogP contribution in [0.4, 0.5) is 0 Å². The molecule has 0 bridgehead atoms. The third-order valence-corrected chi connectivity index (χ3v) is 6.78. The van der Waals surface area contributed by atoms with Crippen molar-refractivity contribution in [2.24, 2.45) is 5.92 Å². The number of aromatic nitrogens is 2. The van der Waals surface area contributed by atoms with E-state index in [0.717, 1.165) is 49.5 Å². The van der Waals surface area contributed by atoms with Crippen molar-refractivity contribution < 1.29 is 4.74 Å². The smallest absolute Gasteiger partial charge is 0.122 e. The van der Waals surface area contributed by atoms with Crippen molar-refractivity contribution in [1.29, 1.82) is 0 Å². The van der Waals surface area contributed by atoms with Crippen LogP contribution in [0.1, 0.15) is 67.6 Å². The minimum Gasteiger partial charge on any atom is -0.493 e. The molecular formula is C31H38N2O. The van der Waals surface area contributed by atoms with E-state index in [2.05, 4.69) is 106 Å². The zero-order valence-electron chi connectivity index (χ0n) is 21.3. The van der Waals surface area contributed by atoms with Gasteiger partial charge in [-0.1, -0.05) is 69.3 Å². The summed E-state index contributed by atoms with van der Waals surface area (Å²) in [7, 11) is 0. The molecule has 1 aromatic heterocycles. The van der Waals surface area contributed by atoms with Crippen molar-refractivity contribution in [3.05, 3.63) is 94.8 Å². The third kappa shape index (κ3) is 5.52. The van der Waals surface area contributed by atoms with E-state index in [0.29, 0.717) is 5.92 Å². The second-order valence-corrected chi connectivity index (χ2v) is 9.93. The van der Waals surface area contributed by atoms with Crippen LogP contribution in [0.15, 0.2) is 66.7 Å². The normalized spacial score (nSPS) is 12.4. The predicted molar refractivity (Wildman–Crippen MR) is 143 cm³/mol. The van der Waals surface area contributed by atoms with Gasteiger partial charge in [-0.25, -0.2) is 4.98 Å². The lowest BCUT2D eigenvalue weighted by Crippen LogP contribution is -2.10. The molecule has 0 radical (unpaired) electrons. The van der Waals surface area contributed by atoms with Crippen molar-refractivity contribution in [1.82, 2.24) is 9.55 Å². The van der Waals surface area contributed by atoms with Crippen molar-refractivity contribution in [3.63, 3.8) is 0 Å². The lowest BCUT2D eigenvalue weighted by Gasteiger charge is -2.16. The van der Waals surface area contributed by atoms with E-state index >= 15 is 0 Å². The molecule has 0 N–H and O–H groups in total. The lowest BCUT2D eigenvalue weighted by molar-refractivity contribution is 0.301. The summed E-state index contributed by atoms with van der Waals surface area (Å²) in [6, 6.07) is 23.9. The summed E-state index contributed by atoms with van der Waals surface area (Å²) >= 11 is 0. The maximum absolute atomic E-state index is 6.09. The van der Waals surface area contributed by atoms with Gasteiger partial charge in [0.25, 0.3) is 0 Å². The van der Waals surface area contributed by atoms with E-state index in [9.17, 15) is 0 Å². The first kappa shape index (κ1) is 24.1. The number of rotatable bonds is 10. The van der Waals surface area contributed by atoms with Crippen molar-refractivity contribution in [2.75, 3.05) is 6.61 Å². The summed E-state index contributed by atoms with van der Waals surface area (Å²) in [5, 5.41) is 0. The Kier molecular flexibility index (Phi) is 7.72. The highest BCUT2D eigenvalue weighted by atomic mass is 16.5. The van der Waals surface area contributed by atoms with Gasteiger partial charge in [0.2, 0.25) is 0 Å². The van der Waals surface area contributed by atoms with Crippen molar-refractivity contribution in [3.8, 4) is 5.75 Å². The quantitative estimate of drug-likeness (QED) is 0.228. The summed E-state index contributed by atoms with van der Waals surface area (Å²) in [6.07, 6.45) is 3.19. The summed E-state index contributed by atoms with van der Waals surface area (Å²) in [5.41, 5.74) is 7.53. The molecule has 0 saturated carbocycles. The number of unbranched alkanes of at least 4 members (excludes halogenated alkanes) is 1. The first-order chi connectivity index (χ1) is 16.4. The van der Waals surface area contributed by atoms with Crippen LogP contribution in [0.5, 0.6) is 5.75 Å². The number of ether oxygens (including phenoxy) is 1. The molecule has 3 aromatic carbocycles. The number of para-hydroxylation sites is 2. The fourth-order valence-corrected chi connectivity index (χ4v) is 4.66. The van der Waals surface area contributed by atoms with E-state index in [1.807, 2.05) is 0 Å². The Morgan fingerprint density at radius 1 is 0.853 bits per heavy atom. The average Bonchev–Trinajstić information content (AvgIpc) is 3.20. The molecule has 0 aliphatic rings. The first-order valence-corrected chi connectivity index (χ1v) is 12.7. The molecule has 0 amide bonds. The maximum atomic E-state index is 6.09. The lowest BCUT2D eigenvalue weighted by atomic mass is 9.96. The van der Waals surface area contributed by atoms with Gasteiger partial charge in [-0.05, 0) is 79.5 Å². The molecule has 34 heavy (non-hydrogen) atoms. The second kappa shape index (κ2) is 10.9. The number of hydrogen-bond donors (Lipinski definition) is 0. The molecule has 0 spiro atoms. The molecule has 1 unspecified atom stereocenters. The molecule has 0 aliphatic carbocycles. The Morgan fingerprint density at radius 2 is 1.62 bits per heavy atom. The van der Waals surface area contributed by atoms with Gasteiger partial charge < -0.3 is 9.30 Å². The molecule has 1 atom stereocenters. The van der Waals surface area contributed by atoms with Gasteiger partial charge in [-0.15, -0.1) is 0 Å². The van der Waals surface area contributed by atoms with Crippen molar-refractivity contribution in [2.45, 2.75) is 66.3 Å². The van der Waals surface area contributed by atoms with Crippen LogP contribution >= 0.6 is 0 Å². The van der Waals surface area contributed by atoms with E-state index in [1.165, 1.54) is 27.8 Å². The molecule has 3 heteroatoms. The summed E-state index contributed by atoms with van der Waals surface area (Å²) in [5.74, 6) is 3.06. The van der Waals surface area contributed by atoms with E-state index < -0.39 is 0 Å². The van der Waals surface area contributed by atoms with Gasteiger partial charge in [0.05, 0.1) is 17.6 Å². The Bertz CT molecular complexity index is 1220. The summed E-state index contributed by atoms with van der Waals surface area (Å²) in [6.45, 7) is 12.8. The topological polar surface area (TPSA) is 27.1 Å². The van der Waals surface area contributed by atoms with Gasteiger partial charge in [0.15, 0.2) is 0 Å². The number of imidazole rings is 1. The molecule has 0 saturated heterocycles. The van der Waals surface area contributed by atoms with E-state index in [4.69, 9.17) is 9.72 Å². The zero-order chi connectivity index (χ0) is 24.1. The SMILES string of the molecule is Cc1cccc(OCCCCn2c(C(C)c3ccc(CC(C)C)cc3)nc3ccccc32)c1C. The van der Waals surface area contributed by atoms with Crippen LogP contribution in [0.25, 0.3) is 11.0 Å². The summed E-state index contributed by atoms with van der Waals surface area (Å²) < 4.78 is 8.50. The number of nitrogens with zero attached hydrogens (tertiary/aromatic N) is 2. The number of hydrogen-bond acceptors (Lipinski definition) is 2. The van der Waals surface area contributed by atoms with Gasteiger partial charge in [-0.2, -0.15) is 0 Å². The Labute approximate surface area is 204 Å². The molecule has 1 heterocycles. The monoisotopic (exact) mass is 454 g/mol. The van der Waals surface area contributed by atoms with Crippen LogP contribution in [-0.4, -0.2) is 16.2 Å². The van der Waals surface area contributed by atoms with Crippen LogP contribution in [-0.2, 0) is 13.0 Å². The van der Waals surface area contributed by atoms with Gasteiger partial charge >= 0.3 is 0 Å². The van der Waals surface area contributed by atoms with E-state index in [-0.39, 0.29) is 5.92 Å². The van der Waals surface area contributed by atoms with Gasteiger partial charge in [0.1, 0.15) is 11.6 Å². The molecule has 3 nitrogen and oxygen atoms in total. The zero-order valence-corrected chi connectivity index (χ0v) is 21.3. The molecule has 4 rings (SSSR count). The predicted octanol–water partition coefficient (Wildman–Crippen LogP) is 7.86. The Morgan fingerprint density at radius 3 is 2.38 bits per heavy atom. The molecular weight excluding hydrogens is 416 g/mol. The molecule has 4 aromatic rings.